The summed E-state index contributed by atoms with van der Waals surface area (Å²) in [4.78, 5) is 4.98. The first-order valence-electron chi connectivity index (χ1n) is 8.33. The Balaban J connectivity index is 1.69. The van der Waals surface area contributed by atoms with Crippen LogP contribution in [0.25, 0.3) is 0 Å². The van der Waals surface area contributed by atoms with Gasteiger partial charge < -0.3 is 19.9 Å². The van der Waals surface area contributed by atoms with Crippen LogP contribution in [-0.2, 0) is 4.74 Å². The van der Waals surface area contributed by atoms with Crippen molar-refractivity contribution in [3.8, 4) is 0 Å². The van der Waals surface area contributed by atoms with E-state index in [1.807, 2.05) is 0 Å². The summed E-state index contributed by atoms with van der Waals surface area (Å²) in [5.41, 5.74) is 0. The Kier molecular flexibility index (Phi) is 6.27. The van der Waals surface area contributed by atoms with Gasteiger partial charge in [-0.3, -0.25) is 0 Å². The van der Waals surface area contributed by atoms with Crippen LogP contribution in [0.15, 0.2) is 0 Å². The van der Waals surface area contributed by atoms with E-state index in [0.29, 0.717) is 18.2 Å². The van der Waals surface area contributed by atoms with Gasteiger partial charge in [0.1, 0.15) is 0 Å². The lowest BCUT2D eigenvalue weighted by atomic mass is 10.0. The molecule has 0 aliphatic carbocycles. The summed E-state index contributed by atoms with van der Waals surface area (Å²) in [5, 5.41) is 3.80. The Morgan fingerprint density at radius 2 is 1.85 bits per heavy atom. The van der Waals surface area contributed by atoms with Gasteiger partial charge in [-0.05, 0) is 45.8 Å². The van der Waals surface area contributed by atoms with Crippen molar-refractivity contribution < 1.29 is 4.74 Å². The first-order chi connectivity index (χ1) is 9.54. The van der Waals surface area contributed by atoms with Gasteiger partial charge in [0.05, 0.1) is 12.7 Å². The maximum Gasteiger partial charge on any atom is 0.0852 e. The van der Waals surface area contributed by atoms with Crippen LogP contribution in [-0.4, -0.2) is 74.4 Å². The van der Waals surface area contributed by atoms with Crippen LogP contribution in [0, 0.1) is 5.92 Å². The second kappa shape index (κ2) is 7.74. The van der Waals surface area contributed by atoms with E-state index in [9.17, 15) is 0 Å². The molecule has 0 aromatic heterocycles. The SMILES string of the molecule is CC(C)CN1CCC(N[C@@H](C)[C@H]2CN(C)CCO2)CC1. The van der Waals surface area contributed by atoms with Crippen molar-refractivity contribution in [2.75, 3.05) is 46.4 Å². The molecule has 1 N–H and O–H groups in total. The van der Waals surface area contributed by atoms with Crippen LogP contribution >= 0.6 is 0 Å². The summed E-state index contributed by atoms with van der Waals surface area (Å²) in [6.07, 6.45) is 2.90. The van der Waals surface area contributed by atoms with Crippen molar-refractivity contribution in [3.63, 3.8) is 0 Å². The third kappa shape index (κ3) is 4.99. The quantitative estimate of drug-likeness (QED) is 0.826. The summed E-state index contributed by atoms with van der Waals surface area (Å²) >= 11 is 0. The van der Waals surface area contributed by atoms with Gasteiger partial charge >= 0.3 is 0 Å². The normalized spacial score (nSPS) is 28.9. The zero-order valence-electron chi connectivity index (χ0n) is 13.8. The second-order valence-corrected chi connectivity index (χ2v) is 7.10. The van der Waals surface area contributed by atoms with Crippen molar-refractivity contribution in [1.29, 1.82) is 0 Å². The number of hydrogen-bond donors (Lipinski definition) is 1. The first kappa shape index (κ1) is 16.2. The number of nitrogens with one attached hydrogen (secondary N) is 1. The van der Waals surface area contributed by atoms with Crippen LogP contribution < -0.4 is 5.32 Å². The topological polar surface area (TPSA) is 27.7 Å². The van der Waals surface area contributed by atoms with E-state index in [4.69, 9.17) is 4.74 Å². The van der Waals surface area contributed by atoms with E-state index in [-0.39, 0.29) is 0 Å². The Morgan fingerprint density at radius 3 is 2.45 bits per heavy atom. The van der Waals surface area contributed by atoms with Gasteiger partial charge in [0, 0.05) is 31.7 Å². The molecule has 2 aliphatic rings. The fourth-order valence-corrected chi connectivity index (χ4v) is 3.39. The minimum atomic E-state index is 0.349. The first-order valence-corrected chi connectivity index (χ1v) is 8.33. The van der Waals surface area contributed by atoms with Crippen molar-refractivity contribution in [2.24, 2.45) is 5.92 Å². The van der Waals surface area contributed by atoms with E-state index >= 15 is 0 Å². The molecule has 20 heavy (non-hydrogen) atoms. The molecule has 0 saturated carbocycles. The van der Waals surface area contributed by atoms with E-state index in [1.54, 1.807) is 0 Å². The summed E-state index contributed by atoms with van der Waals surface area (Å²) in [6, 6.07) is 1.13. The monoisotopic (exact) mass is 283 g/mol. The largest absolute Gasteiger partial charge is 0.374 e. The Morgan fingerprint density at radius 1 is 1.15 bits per heavy atom. The highest BCUT2D eigenvalue weighted by Crippen LogP contribution is 2.15. The zero-order valence-corrected chi connectivity index (χ0v) is 13.8. The second-order valence-electron chi connectivity index (χ2n) is 7.10. The smallest absolute Gasteiger partial charge is 0.0852 e. The molecular formula is C16H33N3O. The number of likely N-dealkylation sites (tertiary alicyclic amines) is 1. The van der Waals surface area contributed by atoms with Gasteiger partial charge in [-0.2, -0.15) is 0 Å². The maximum atomic E-state index is 5.91. The molecule has 2 aliphatic heterocycles. The average Bonchev–Trinajstić information content (AvgIpc) is 2.40. The highest BCUT2D eigenvalue weighted by molar-refractivity contribution is 4.85. The van der Waals surface area contributed by atoms with E-state index in [0.717, 1.165) is 25.6 Å². The number of likely N-dealkylation sites (N-methyl/N-ethyl adjacent to an activating group) is 1. The standard InChI is InChI=1S/C16H33N3O/c1-13(2)11-19-7-5-15(6-8-19)17-14(3)16-12-18(4)9-10-20-16/h13-17H,5-12H2,1-4H3/t14-,16+/m0/s1. The van der Waals surface area contributed by atoms with Gasteiger partial charge in [-0.15, -0.1) is 0 Å². The molecule has 4 nitrogen and oxygen atoms in total. The van der Waals surface area contributed by atoms with Crippen LogP contribution in [0.1, 0.15) is 33.6 Å². The fourth-order valence-electron chi connectivity index (χ4n) is 3.39. The molecule has 2 saturated heterocycles. The minimum Gasteiger partial charge on any atom is -0.374 e. The zero-order chi connectivity index (χ0) is 14.5. The van der Waals surface area contributed by atoms with Gasteiger partial charge in [-0.25, -0.2) is 0 Å². The molecule has 0 bridgehead atoms. The van der Waals surface area contributed by atoms with Crippen molar-refractivity contribution in [3.05, 3.63) is 0 Å². The minimum absolute atomic E-state index is 0.349. The molecule has 2 atom stereocenters. The Hall–Kier alpha value is -0.160. The predicted molar refractivity (Wildman–Crippen MR) is 84.1 cm³/mol. The summed E-state index contributed by atoms with van der Waals surface area (Å²) in [7, 11) is 2.19. The van der Waals surface area contributed by atoms with Crippen molar-refractivity contribution in [2.45, 2.75) is 51.8 Å². The lowest BCUT2D eigenvalue weighted by molar-refractivity contribution is -0.0383. The molecule has 0 aromatic rings. The van der Waals surface area contributed by atoms with Crippen LogP contribution in [0.3, 0.4) is 0 Å². The number of hydrogen-bond acceptors (Lipinski definition) is 4. The van der Waals surface area contributed by atoms with Gasteiger partial charge in [-0.1, -0.05) is 13.8 Å². The lowest BCUT2D eigenvalue weighted by Crippen LogP contribution is -2.54. The fraction of sp³-hybridized carbons (Fsp3) is 1.00. The Bertz CT molecular complexity index is 277. The van der Waals surface area contributed by atoms with Crippen LogP contribution in [0.4, 0.5) is 0 Å². The molecular weight excluding hydrogens is 250 g/mol. The number of ether oxygens (including phenoxy) is 1. The van der Waals surface area contributed by atoms with E-state index < -0.39 is 0 Å². The average molecular weight is 283 g/mol. The number of nitrogens with zero attached hydrogens (tertiary/aromatic N) is 2. The molecule has 0 aromatic carbocycles. The molecule has 2 fully saturated rings. The van der Waals surface area contributed by atoms with Crippen molar-refractivity contribution >= 4 is 0 Å². The Labute approximate surface area is 124 Å². The third-order valence-electron chi connectivity index (χ3n) is 4.56. The van der Waals surface area contributed by atoms with Gasteiger partial charge in [0.15, 0.2) is 0 Å². The molecule has 0 radical (unpaired) electrons. The third-order valence-corrected chi connectivity index (χ3v) is 4.56. The summed E-state index contributed by atoms with van der Waals surface area (Å²) < 4.78 is 5.91. The number of rotatable bonds is 5. The summed E-state index contributed by atoms with van der Waals surface area (Å²) in [5.74, 6) is 0.782. The predicted octanol–water partition coefficient (Wildman–Crippen LogP) is 1.42. The number of morpholine rings is 1. The number of piperidine rings is 1. The summed E-state index contributed by atoms with van der Waals surface area (Å²) in [6.45, 7) is 13.6. The molecule has 118 valence electrons. The molecule has 0 amide bonds. The van der Waals surface area contributed by atoms with Crippen molar-refractivity contribution in [1.82, 2.24) is 15.1 Å². The molecule has 2 heterocycles. The molecule has 0 spiro atoms. The molecule has 2 rings (SSSR count). The maximum absolute atomic E-state index is 5.91. The van der Waals surface area contributed by atoms with E-state index in [1.165, 1.54) is 32.5 Å². The van der Waals surface area contributed by atoms with E-state index in [2.05, 4.69) is 42.9 Å². The van der Waals surface area contributed by atoms with Gasteiger partial charge in [0.25, 0.3) is 0 Å². The van der Waals surface area contributed by atoms with Crippen LogP contribution in [0.2, 0.25) is 0 Å². The highest BCUT2D eigenvalue weighted by Gasteiger charge is 2.27. The lowest BCUT2D eigenvalue weighted by Gasteiger charge is -2.38. The van der Waals surface area contributed by atoms with Gasteiger partial charge in [0.2, 0.25) is 0 Å². The molecule has 0 unspecified atom stereocenters. The highest BCUT2D eigenvalue weighted by atomic mass is 16.5. The van der Waals surface area contributed by atoms with Crippen LogP contribution in [0.5, 0.6) is 0 Å². The molecule has 4 heteroatoms.